The van der Waals surface area contributed by atoms with E-state index in [0.717, 1.165) is 12.3 Å². The van der Waals surface area contributed by atoms with Crippen molar-refractivity contribution in [2.45, 2.75) is 19.0 Å². The summed E-state index contributed by atoms with van der Waals surface area (Å²) in [5.41, 5.74) is 0.127. The number of aliphatic carboxylic acids is 1. The van der Waals surface area contributed by atoms with Crippen molar-refractivity contribution in [3.05, 3.63) is 47.0 Å². The first-order valence-electron chi connectivity index (χ1n) is 6.19. The van der Waals surface area contributed by atoms with Crippen LogP contribution >= 0.6 is 11.6 Å². The van der Waals surface area contributed by atoms with Gasteiger partial charge in [0.15, 0.2) is 0 Å². The van der Waals surface area contributed by atoms with Crippen molar-refractivity contribution in [1.82, 2.24) is 0 Å². The van der Waals surface area contributed by atoms with Gasteiger partial charge in [-0.05, 0) is 28.5 Å². The Kier molecular flexibility index (Phi) is 4.14. The van der Waals surface area contributed by atoms with Crippen LogP contribution in [0.2, 0.25) is 5.02 Å². The number of fused-ring (bicyclic) bond motifs is 1. The van der Waals surface area contributed by atoms with Crippen molar-refractivity contribution in [3.8, 4) is 0 Å². The van der Waals surface area contributed by atoms with Gasteiger partial charge in [0, 0.05) is 5.02 Å². The van der Waals surface area contributed by atoms with Crippen LogP contribution in [0.1, 0.15) is 18.4 Å². The van der Waals surface area contributed by atoms with E-state index < -0.39 is 24.0 Å². The predicted molar refractivity (Wildman–Crippen MR) is 74.6 cm³/mol. The van der Waals surface area contributed by atoms with Crippen LogP contribution in [-0.2, 0) is 4.79 Å². The Morgan fingerprint density at radius 2 is 1.71 bits per heavy atom. The number of carbonyl (C=O) groups is 1. The molecule has 2 rings (SSSR count). The first-order valence-corrected chi connectivity index (χ1v) is 6.56. The van der Waals surface area contributed by atoms with Crippen molar-refractivity contribution in [3.63, 3.8) is 0 Å². The van der Waals surface area contributed by atoms with Crippen LogP contribution in [0.4, 0.5) is 13.2 Å². The highest BCUT2D eigenvalue weighted by molar-refractivity contribution is 6.31. The smallest absolute Gasteiger partial charge is 0.392 e. The molecule has 0 aliphatic carbocycles. The van der Waals surface area contributed by atoms with E-state index in [1.165, 1.54) is 12.1 Å². The molecule has 6 heteroatoms. The molecule has 2 atom stereocenters. The molecule has 0 unspecified atom stereocenters. The molecule has 0 radical (unpaired) electrons. The Labute approximate surface area is 124 Å². The highest BCUT2D eigenvalue weighted by Gasteiger charge is 2.45. The number of benzene rings is 2. The van der Waals surface area contributed by atoms with Crippen LogP contribution in [0.5, 0.6) is 0 Å². The topological polar surface area (TPSA) is 37.3 Å². The van der Waals surface area contributed by atoms with Crippen LogP contribution < -0.4 is 0 Å². The molecule has 0 aliphatic heterocycles. The SMILES string of the molecule is C[C@H]([C@H](C(=O)O)c1ccc2cc(Cl)ccc2c1)C(F)(F)F. The number of hydrogen-bond donors (Lipinski definition) is 1. The van der Waals surface area contributed by atoms with E-state index in [-0.39, 0.29) is 5.56 Å². The molecule has 0 spiro atoms. The Bertz CT molecular complexity index is 682. The molecule has 112 valence electrons. The zero-order chi connectivity index (χ0) is 15.8. The number of carboxylic acids is 1. The maximum absolute atomic E-state index is 12.8. The van der Waals surface area contributed by atoms with Crippen molar-refractivity contribution in [2.24, 2.45) is 5.92 Å². The van der Waals surface area contributed by atoms with Crippen LogP contribution in [0, 0.1) is 5.92 Å². The zero-order valence-corrected chi connectivity index (χ0v) is 11.7. The van der Waals surface area contributed by atoms with Gasteiger partial charge in [-0.2, -0.15) is 13.2 Å². The molecule has 2 aromatic carbocycles. The Morgan fingerprint density at radius 1 is 1.14 bits per heavy atom. The molecule has 21 heavy (non-hydrogen) atoms. The second-order valence-corrected chi connectivity index (χ2v) is 5.33. The van der Waals surface area contributed by atoms with Gasteiger partial charge in [0.25, 0.3) is 0 Å². The lowest BCUT2D eigenvalue weighted by Gasteiger charge is -2.23. The minimum atomic E-state index is -4.57. The Hall–Kier alpha value is -1.75. The average molecular weight is 317 g/mol. The summed E-state index contributed by atoms with van der Waals surface area (Å²) in [5, 5.41) is 11.1. The molecule has 1 N–H and O–H groups in total. The molecule has 0 fully saturated rings. The minimum absolute atomic E-state index is 0.127. The molecule has 2 nitrogen and oxygen atoms in total. The molecule has 0 aromatic heterocycles. The summed E-state index contributed by atoms with van der Waals surface area (Å²) in [5.74, 6) is -5.10. The van der Waals surface area contributed by atoms with Crippen LogP contribution in [0.25, 0.3) is 10.8 Å². The van der Waals surface area contributed by atoms with E-state index in [1.807, 2.05) is 0 Å². The molecule has 0 heterocycles. The number of hydrogen-bond acceptors (Lipinski definition) is 1. The van der Waals surface area contributed by atoms with Gasteiger partial charge < -0.3 is 5.11 Å². The van der Waals surface area contributed by atoms with Crippen LogP contribution in [0.3, 0.4) is 0 Å². The number of rotatable bonds is 3. The molecule has 0 aliphatic rings. The van der Waals surface area contributed by atoms with Gasteiger partial charge in [0.2, 0.25) is 0 Å². The monoisotopic (exact) mass is 316 g/mol. The lowest BCUT2D eigenvalue weighted by molar-refractivity contribution is -0.183. The van der Waals surface area contributed by atoms with Gasteiger partial charge in [-0.1, -0.05) is 42.8 Å². The van der Waals surface area contributed by atoms with Crippen molar-refractivity contribution >= 4 is 28.3 Å². The normalized spacial score (nSPS) is 14.9. The van der Waals surface area contributed by atoms with E-state index in [0.29, 0.717) is 10.4 Å². The molecular formula is C15H12ClF3O2. The van der Waals surface area contributed by atoms with Gasteiger partial charge in [-0.15, -0.1) is 0 Å². The van der Waals surface area contributed by atoms with E-state index in [4.69, 9.17) is 16.7 Å². The van der Waals surface area contributed by atoms with Gasteiger partial charge >= 0.3 is 12.1 Å². The maximum Gasteiger partial charge on any atom is 0.392 e. The highest BCUT2D eigenvalue weighted by atomic mass is 35.5. The molecule has 0 bridgehead atoms. The van der Waals surface area contributed by atoms with Crippen molar-refractivity contribution < 1.29 is 23.1 Å². The second kappa shape index (κ2) is 5.56. The standard InChI is InChI=1S/C15H12ClF3O2/c1-8(15(17,18)19)13(14(20)21)11-3-2-10-7-12(16)5-4-9(10)6-11/h2-8,13H,1H3,(H,20,21)/t8-,13+/m1/s1. The summed E-state index contributed by atoms with van der Waals surface area (Å²) >= 11 is 5.84. The summed E-state index contributed by atoms with van der Waals surface area (Å²) in [6, 6.07) is 9.38. The van der Waals surface area contributed by atoms with Gasteiger partial charge in [0.1, 0.15) is 0 Å². The quantitative estimate of drug-likeness (QED) is 0.878. The zero-order valence-electron chi connectivity index (χ0n) is 11.0. The van der Waals surface area contributed by atoms with E-state index in [2.05, 4.69) is 0 Å². The van der Waals surface area contributed by atoms with E-state index in [1.54, 1.807) is 24.3 Å². The number of carboxylic acid groups (broad SMARTS) is 1. The van der Waals surface area contributed by atoms with Gasteiger partial charge in [-0.25, -0.2) is 0 Å². The van der Waals surface area contributed by atoms with Crippen LogP contribution in [0.15, 0.2) is 36.4 Å². The number of alkyl halides is 3. The first-order chi connectivity index (χ1) is 9.70. The van der Waals surface area contributed by atoms with Crippen molar-refractivity contribution in [2.75, 3.05) is 0 Å². The average Bonchev–Trinajstić information content (AvgIpc) is 2.37. The lowest BCUT2D eigenvalue weighted by atomic mass is 9.86. The highest BCUT2D eigenvalue weighted by Crippen LogP contribution is 2.38. The minimum Gasteiger partial charge on any atom is -0.481 e. The third-order valence-corrected chi connectivity index (χ3v) is 3.70. The fourth-order valence-corrected chi connectivity index (χ4v) is 2.44. The van der Waals surface area contributed by atoms with Crippen molar-refractivity contribution in [1.29, 1.82) is 0 Å². The fourth-order valence-electron chi connectivity index (χ4n) is 2.26. The maximum atomic E-state index is 12.8. The molecule has 0 saturated carbocycles. The summed E-state index contributed by atoms with van der Waals surface area (Å²) in [6.07, 6.45) is -4.57. The largest absolute Gasteiger partial charge is 0.481 e. The predicted octanol–water partition coefficient (Wildman–Crippen LogP) is 4.86. The lowest BCUT2D eigenvalue weighted by Crippen LogP contribution is -2.31. The van der Waals surface area contributed by atoms with E-state index in [9.17, 15) is 18.0 Å². The van der Waals surface area contributed by atoms with Crippen LogP contribution in [-0.4, -0.2) is 17.3 Å². The molecule has 2 aromatic rings. The number of halogens is 4. The third-order valence-electron chi connectivity index (χ3n) is 3.47. The molecule has 0 amide bonds. The van der Waals surface area contributed by atoms with Gasteiger partial charge in [0.05, 0.1) is 11.8 Å². The Balaban J connectivity index is 2.51. The first kappa shape index (κ1) is 15.6. The molecular weight excluding hydrogens is 305 g/mol. The molecule has 0 saturated heterocycles. The summed E-state index contributed by atoms with van der Waals surface area (Å²) in [4.78, 5) is 11.3. The summed E-state index contributed by atoms with van der Waals surface area (Å²) in [7, 11) is 0. The van der Waals surface area contributed by atoms with E-state index >= 15 is 0 Å². The fraction of sp³-hybridized carbons (Fsp3) is 0.267. The summed E-state index contributed by atoms with van der Waals surface area (Å²) < 4.78 is 38.5. The van der Waals surface area contributed by atoms with Gasteiger partial charge in [-0.3, -0.25) is 4.79 Å². The summed E-state index contributed by atoms with van der Waals surface area (Å²) in [6.45, 7) is 0.880. The second-order valence-electron chi connectivity index (χ2n) is 4.90. The Morgan fingerprint density at radius 3 is 2.29 bits per heavy atom. The third kappa shape index (κ3) is 3.29.